The van der Waals surface area contributed by atoms with Crippen LogP contribution < -0.4 is 5.32 Å². The maximum atomic E-state index is 12.8. The molecule has 1 heterocycles. The molecular formula is C20H17ClF3N3O2S. The van der Waals surface area contributed by atoms with Crippen molar-refractivity contribution in [3.63, 3.8) is 0 Å². The van der Waals surface area contributed by atoms with E-state index >= 15 is 0 Å². The molecule has 0 unspecified atom stereocenters. The van der Waals surface area contributed by atoms with Gasteiger partial charge in [0.25, 0.3) is 0 Å². The fraction of sp³-hybridized carbons (Fsp3) is 0.200. The fourth-order valence-electron chi connectivity index (χ4n) is 2.64. The van der Waals surface area contributed by atoms with Crippen LogP contribution in [0.1, 0.15) is 16.8 Å². The van der Waals surface area contributed by atoms with Crippen LogP contribution >= 0.6 is 23.4 Å². The minimum absolute atomic E-state index is 0.0568. The second-order valence-corrected chi connectivity index (χ2v) is 7.72. The quantitative estimate of drug-likeness (QED) is 0.501. The predicted octanol–water partition coefficient (Wildman–Crippen LogP) is 4.83. The van der Waals surface area contributed by atoms with Gasteiger partial charge < -0.3 is 15.0 Å². The van der Waals surface area contributed by atoms with Gasteiger partial charge in [0.15, 0.2) is 5.16 Å². The van der Waals surface area contributed by atoms with Crippen LogP contribution in [0.15, 0.2) is 59.9 Å². The highest BCUT2D eigenvalue weighted by Gasteiger charge is 2.30. The maximum absolute atomic E-state index is 12.8. The molecular weight excluding hydrogens is 439 g/mol. The number of nitrogens with one attached hydrogen (secondary N) is 1. The molecule has 0 spiro atoms. The van der Waals surface area contributed by atoms with Crippen LogP contribution in [0.2, 0.25) is 5.02 Å². The van der Waals surface area contributed by atoms with Crippen LogP contribution in [-0.2, 0) is 24.1 Å². The minimum atomic E-state index is -4.48. The average molecular weight is 456 g/mol. The van der Waals surface area contributed by atoms with E-state index in [4.69, 9.17) is 11.6 Å². The van der Waals surface area contributed by atoms with Gasteiger partial charge >= 0.3 is 6.18 Å². The van der Waals surface area contributed by atoms with Gasteiger partial charge in [0.1, 0.15) is 0 Å². The van der Waals surface area contributed by atoms with E-state index in [1.54, 1.807) is 22.9 Å². The number of hydrogen-bond donors (Lipinski definition) is 2. The van der Waals surface area contributed by atoms with Crippen LogP contribution in [0.4, 0.5) is 18.9 Å². The number of rotatable bonds is 7. The molecule has 2 aromatic carbocycles. The molecule has 0 aliphatic rings. The Hall–Kier alpha value is -2.49. The van der Waals surface area contributed by atoms with Crippen LogP contribution in [0.5, 0.6) is 0 Å². The summed E-state index contributed by atoms with van der Waals surface area (Å²) in [6.45, 7) is 0.208. The standard InChI is InChI=1S/C20H17ClF3N3O2S/c21-15-6-4-13(5-7-15)9-27-10-17(11-28)26-19(27)30-12-18(29)25-16-3-1-2-14(8-16)20(22,23)24/h1-8,10,28H,9,11-12H2,(H,25,29). The number of benzene rings is 2. The van der Waals surface area contributed by atoms with Gasteiger partial charge in [-0.15, -0.1) is 0 Å². The van der Waals surface area contributed by atoms with Crippen molar-refractivity contribution in [2.24, 2.45) is 0 Å². The SMILES string of the molecule is O=C(CSc1nc(CO)cn1Cc1ccc(Cl)cc1)Nc1cccc(C(F)(F)F)c1. The van der Waals surface area contributed by atoms with Crippen LogP contribution in [-0.4, -0.2) is 26.3 Å². The van der Waals surface area contributed by atoms with Gasteiger partial charge in [-0.25, -0.2) is 4.98 Å². The average Bonchev–Trinajstić information content (AvgIpc) is 3.09. The van der Waals surface area contributed by atoms with Crippen molar-refractivity contribution in [2.45, 2.75) is 24.5 Å². The molecule has 1 aromatic heterocycles. The number of carbonyl (C=O) groups excluding carboxylic acids is 1. The molecule has 0 radical (unpaired) electrons. The first kappa shape index (κ1) is 22.2. The smallest absolute Gasteiger partial charge is 0.390 e. The van der Waals surface area contributed by atoms with Gasteiger partial charge in [-0.1, -0.05) is 41.6 Å². The summed E-state index contributed by atoms with van der Waals surface area (Å²) in [5.41, 5.74) is 0.635. The highest BCUT2D eigenvalue weighted by Crippen LogP contribution is 2.30. The lowest BCUT2D eigenvalue weighted by Crippen LogP contribution is -2.15. The number of carbonyl (C=O) groups is 1. The van der Waals surface area contributed by atoms with Crippen molar-refractivity contribution in [2.75, 3.05) is 11.1 Å². The zero-order chi connectivity index (χ0) is 21.7. The summed E-state index contributed by atoms with van der Waals surface area (Å²) < 4.78 is 40.2. The third kappa shape index (κ3) is 6.01. The van der Waals surface area contributed by atoms with Gasteiger partial charge in [-0.3, -0.25) is 4.79 Å². The van der Waals surface area contributed by atoms with E-state index in [1.165, 1.54) is 12.1 Å². The Labute approximate surface area is 179 Å². The Morgan fingerprint density at radius 1 is 1.20 bits per heavy atom. The molecule has 10 heteroatoms. The number of aliphatic hydroxyl groups is 1. The number of alkyl halides is 3. The number of thioether (sulfide) groups is 1. The third-order valence-corrected chi connectivity index (χ3v) is 5.27. The van der Waals surface area contributed by atoms with E-state index in [0.29, 0.717) is 22.4 Å². The monoisotopic (exact) mass is 455 g/mol. The topological polar surface area (TPSA) is 67.1 Å². The molecule has 0 atom stereocenters. The third-order valence-electron chi connectivity index (χ3n) is 4.02. The van der Waals surface area contributed by atoms with Crippen LogP contribution in [0.3, 0.4) is 0 Å². The lowest BCUT2D eigenvalue weighted by Gasteiger charge is -2.10. The van der Waals surface area contributed by atoms with E-state index in [9.17, 15) is 23.1 Å². The lowest BCUT2D eigenvalue weighted by atomic mass is 10.2. The molecule has 0 aliphatic carbocycles. The van der Waals surface area contributed by atoms with Crippen molar-refractivity contribution in [1.82, 2.24) is 9.55 Å². The van der Waals surface area contributed by atoms with Gasteiger partial charge in [-0.2, -0.15) is 13.2 Å². The molecule has 158 valence electrons. The number of anilines is 1. The number of hydrogen-bond acceptors (Lipinski definition) is 4. The van der Waals surface area contributed by atoms with Crippen LogP contribution in [0, 0.1) is 0 Å². The van der Waals surface area contributed by atoms with Gasteiger partial charge in [0.2, 0.25) is 5.91 Å². The molecule has 3 aromatic rings. The molecule has 30 heavy (non-hydrogen) atoms. The van der Waals surface area contributed by atoms with Crippen molar-refractivity contribution >= 4 is 35.0 Å². The molecule has 5 nitrogen and oxygen atoms in total. The van der Waals surface area contributed by atoms with Crippen molar-refractivity contribution in [3.8, 4) is 0 Å². The van der Waals surface area contributed by atoms with Crippen molar-refractivity contribution < 1.29 is 23.1 Å². The first-order valence-electron chi connectivity index (χ1n) is 8.76. The van der Waals surface area contributed by atoms with Gasteiger partial charge in [0.05, 0.1) is 23.6 Å². The summed E-state index contributed by atoms with van der Waals surface area (Å²) in [6, 6.07) is 11.7. The highest BCUT2D eigenvalue weighted by atomic mass is 35.5. The molecule has 0 bridgehead atoms. The van der Waals surface area contributed by atoms with Crippen molar-refractivity contribution in [1.29, 1.82) is 0 Å². The van der Waals surface area contributed by atoms with Gasteiger partial charge in [-0.05, 0) is 35.9 Å². The zero-order valence-electron chi connectivity index (χ0n) is 15.5. The highest BCUT2D eigenvalue weighted by molar-refractivity contribution is 7.99. The molecule has 2 N–H and O–H groups in total. The van der Waals surface area contributed by atoms with E-state index in [0.717, 1.165) is 29.5 Å². The first-order valence-corrected chi connectivity index (χ1v) is 10.1. The maximum Gasteiger partial charge on any atom is 0.416 e. The Kier molecular flexibility index (Phi) is 7.06. The van der Waals surface area contributed by atoms with E-state index < -0.39 is 17.6 Å². The zero-order valence-corrected chi connectivity index (χ0v) is 17.1. The normalized spacial score (nSPS) is 11.5. The number of amides is 1. The van der Waals surface area contributed by atoms with E-state index in [1.807, 2.05) is 12.1 Å². The molecule has 0 saturated carbocycles. The Morgan fingerprint density at radius 3 is 2.60 bits per heavy atom. The predicted molar refractivity (Wildman–Crippen MR) is 110 cm³/mol. The Morgan fingerprint density at radius 2 is 1.93 bits per heavy atom. The summed E-state index contributed by atoms with van der Waals surface area (Å²) in [7, 11) is 0. The molecule has 1 amide bonds. The molecule has 3 rings (SSSR count). The number of aromatic nitrogens is 2. The lowest BCUT2D eigenvalue weighted by molar-refractivity contribution is -0.137. The largest absolute Gasteiger partial charge is 0.416 e. The Balaban J connectivity index is 1.65. The summed E-state index contributed by atoms with van der Waals surface area (Å²) in [4.78, 5) is 16.5. The fourth-order valence-corrected chi connectivity index (χ4v) is 3.57. The Bertz CT molecular complexity index is 1020. The molecule has 0 fully saturated rings. The minimum Gasteiger partial charge on any atom is -0.390 e. The van der Waals surface area contributed by atoms with Gasteiger partial charge in [0, 0.05) is 23.5 Å². The number of imidazole rings is 1. The molecule has 0 aliphatic heterocycles. The van der Waals surface area contributed by atoms with Crippen molar-refractivity contribution in [3.05, 3.63) is 76.6 Å². The first-order chi connectivity index (χ1) is 14.2. The summed E-state index contributed by atoms with van der Waals surface area (Å²) in [5, 5.41) is 12.9. The second-order valence-electron chi connectivity index (χ2n) is 6.34. The number of aliphatic hydroxyl groups excluding tert-OH is 1. The van der Waals surface area contributed by atoms with E-state index in [2.05, 4.69) is 10.3 Å². The van der Waals surface area contributed by atoms with Crippen LogP contribution in [0.25, 0.3) is 0 Å². The summed E-state index contributed by atoms with van der Waals surface area (Å²) in [5.74, 6) is -0.524. The summed E-state index contributed by atoms with van der Waals surface area (Å²) in [6.07, 6.45) is -2.80. The summed E-state index contributed by atoms with van der Waals surface area (Å²) >= 11 is 7.02. The second kappa shape index (κ2) is 9.55. The number of nitrogens with zero attached hydrogens (tertiary/aromatic N) is 2. The number of halogens is 4. The van der Waals surface area contributed by atoms with E-state index in [-0.39, 0.29) is 18.0 Å². The molecule has 0 saturated heterocycles.